The highest BCUT2D eigenvalue weighted by Crippen LogP contribution is 2.27. The van der Waals surface area contributed by atoms with Crippen molar-refractivity contribution in [1.82, 2.24) is 20.4 Å². The number of urea groups is 1. The second-order valence-corrected chi connectivity index (χ2v) is 7.00. The minimum Gasteiger partial charge on any atom is -0.388 e. The molecule has 2 amide bonds. The number of hydrogen-bond acceptors (Lipinski definition) is 3. The van der Waals surface area contributed by atoms with E-state index in [0.29, 0.717) is 5.69 Å². The van der Waals surface area contributed by atoms with E-state index >= 15 is 0 Å². The van der Waals surface area contributed by atoms with E-state index in [-0.39, 0.29) is 24.4 Å². The van der Waals surface area contributed by atoms with Crippen molar-refractivity contribution in [1.29, 1.82) is 0 Å². The maximum atomic E-state index is 13.8. The highest BCUT2D eigenvalue weighted by atomic mass is 19.1. The molecule has 0 saturated heterocycles. The molecule has 1 aliphatic carbocycles. The Morgan fingerprint density at radius 2 is 2.08 bits per heavy atom. The Labute approximate surface area is 152 Å². The molecule has 1 atom stereocenters. The predicted molar refractivity (Wildman–Crippen MR) is 96.5 cm³/mol. The van der Waals surface area contributed by atoms with Crippen molar-refractivity contribution < 1.29 is 14.3 Å². The van der Waals surface area contributed by atoms with E-state index in [2.05, 4.69) is 15.7 Å². The highest BCUT2D eigenvalue weighted by molar-refractivity contribution is 5.74. The lowest BCUT2D eigenvalue weighted by Gasteiger charge is -2.32. The van der Waals surface area contributed by atoms with Gasteiger partial charge >= 0.3 is 6.03 Å². The van der Waals surface area contributed by atoms with Crippen LogP contribution < -0.4 is 10.6 Å². The largest absolute Gasteiger partial charge is 0.388 e. The summed E-state index contributed by atoms with van der Waals surface area (Å²) in [7, 11) is 0. The molecule has 26 heavy (non-hydrogen) atoms. The first kappa shape index (κ1) is 18.4. The fourth-order valence-electron chi connectivity index (χ4n) is 3.29. The van der Waals surface area contributed by atoms with Crippen molar-refractivity contribution in [2.45, 2.75) is 50.7 Å². The zero-order valence-electron chi connectivity index (χ0n) is 14.9. The van der Waals surface area contributed by atoms with Crippen molar-refractivity contribution in [2.24, 2.45) is 0 Å². The van der Waals surface area contributed by atoms with Crippen LogP contribution in [0.4, 0.5) is 9.18 Å². The average molecular weight is 360 g/mol. The molecule has 1 aromatic heterocycles. The first-order valence-electron chi connectivity index (χ1n) is 9.03. The minimum absolute atomic E-state index is 0.250. The highest BCUT2D eigenvalue weighted by Gasteiger charge is 2.29. The smallest absolute Gasteiger partial charge is 0.315 e. The number of aliphatic hydroxyl groups is 1. The number of benzene rings is 1. The minimum atomic E-state index is -0.797. The fourth-order valence-corrected chi connectivity index (χ4v) is 3.29. The molecule has 3 N–H and O–H groups in total. The van der Waals surface area contributed by atoms with Crippen LogP contribution in [0.3, 0.4) is 0 Å². The number of hydrogen-bond donors (Lipinski definition) is 3. The first-order valence-corrected chi connectivity index (χ1v) is 9.03. The van der Waals surface area contributed by atoms with E-state index in [1.54, 1.807) is 30.6 Å². The van der Waals surface area contributed by atoms with Crippen molar-refractivity contribution in [3.63, 3.8) is 0 Å². The summed E-state index contributed by atoms with van der Waals surface area (Å²) in [5.74, 6) is -0.360. The molecule has 1 saturated carbocycles. The number of aromatic nitrogens is 2. The summed E-state index contributed by atoms with van der Waals surface area (Å²) in [6, 6.07) is 5.75. The quantitative estimate of drug-likeness (QED) is 0.767. The molecular weight excluding hydrogens is 335 g/mol. The van der Waals surface area contributed by atoms with Gasteiger partial charge in [0.15, 0.2) is 0 Å². The van der Waals surface area contributed by atoms with Gasteiger partial charge in [-0.05, 0) is 31.9 Å². The normalized spacial score (nSPS) is 17.5. The van der Waals surface area contributed by atoms with E-state index in [1.807, 2.05) is 6.92 Å². The van der Waals surface area contributed by atoms with Crippen LogP contribution in [0.5, 0.6) is 0 Å². The summed E-state index contributed by atoms with van der Waals surface area (Å²) >= 11 is 0. The van der Waals surface area contributed by atoms with Crippen LogP contribution in [0.25, 0.3) is 5.69 Å². The Balaban J connectivity index is 1.55. The topological polar surface area (TPSA) is 79.2 Å². The van der Waals surface area contributed by atoms with Crippen molar-refractivity contribution in [2.75, 3.05) is 6.54 Å². The molecule has 0 spiro atoms. The molecule has 0 radical (unpaired) electrons. The molecule has 1 aromatic carbocycles. The molecule has 1 aliphatic rings. The van der Waals surface area contributed by atoms with Crippen molar-refractivity contribution in [3.8, 4) is 5.69 Å². The second kappa shape index (κ2) is 7.86. The zero-order valence-corrected chi connectivity index (χ0v) is 14.9. The van der Waals surface area contributed by atoms with Gasteiger partial charge in [-0.25, -0.2) is 13.9 Å². The number of carbonyl (C=O) groups excluding carboxylic acids is 1. The van der Waals surface area contributed by atoms with Gasteiger partial charge in [0.1, 0.15) is 11.5 Å². The molecule has 6 nitrogen and oxygen atoms in total. The van der Waals surface area contributed by atoms with Gasteiger partial charge in [-0.1, -0.05) is 31.4 Å². The van der Waals surface area contributed by atoms with Gasteiger partial charge in [-0.15, -0.1) is 0 Å². The van der Waals surface area contributed by atoms with E-state index in [4.69, 9.17) is 0 Å². The summed E-state index contributed by atoms with van der Waals surface area (Å²) in [4.78, 5) is 12.1. The summed E-state index contributed by atoms with van der Waals surface area (Å²) in [5, 5.41) is 20.2. The van der Waals surface area contributed by atoms with Crippen LogP contribution in [0.15, 0.2) is 36.7 Å². The Kier molecular flexibility index (Phi) is 5.56. The summed E-state index contributed by atoms with van der Waals surface area (Å²) < 4.78 is 15.3. The number of carbonyl (C=O) groups is 1. The van der Waals surface area contributed by atoms with E-state index in [9.17, 15) is 14.3 Å². The van der Waals surface area contributed by atoms with Crippen LogP contribution in [0, 0.1) is 5.82 Å². The number of halogens is 1. The van der Waals surface area contributed by atoms with Crippen molar-refractivity contribution >= 4 is 6.03 Å². The van der Waals surface area contributed by atoms with Gasteiger partial charge < -0.3 is 15.7 Å². The number of nitrogens with zero attached hydrogens (tertiary/aromatic N) is 2. The Bertz CT molecular complexity index is 756. The maximum absolute atomic E-state index is 13.8. The van der Waals surface area contributed by atoms with Crippen LogP contribution in [0.1, 0.15) is 50.6 Å². The van der Waals surface area contributed by atoms with Crippen LogP contribution >= 0.6 is 0 Å². The predicted octanol–water partition coefficient (Wildman–Crippen LogP) is 3.07. The fraction of sp³-hybridized carbons (Fsp3) is 0.474. The standard InChI is InChI=1S/C19H25FN4O2/c1-14(23-18(25)21-13-19(26)9-5-2-6-10-19)15-11-22-24(12-15)17-8-4-3-7-16(17)20/h3-4,7-8,11-12,14,26H,2,5-6,9-10,13H2,1H3,(H2,21,23,25)/t14-/m1/s1. The van der Waals surface area contributed by atoms with E-state index in [0.717, 1.165) is 37.7 Å². The Morgan fingerprint density at radius 1 is 1.35 bits per heavy atom. The Morgan fingerprint density at radius 3 is 2.81 bits per heavy atom. The summed E-state index contributed by atoms with van der Waals surface area (Å²) in [6.45, 7) is 2.08. The van der Waals surface area contributed by atoms with E-state index in [1.165, 1.54) is 10.7 Å². The second-order valence-electron chi connectivity index (χ2n) is 7.00. The van der Waals surface area contributed by atoms with Gasteiger partial charge in [-0.2, -0.15) is 5.10 Å². The molecule has 0 unspecified atom stereocenters. The Hall–Kier alpha value is -2.41. The van der Waals surface area contributed by atoms with E-state index < -0.39 is 5.60 Å². The van der Waals surface area contributed by atoms with Gasteiger partial charge in [0.05, 0.1) is 17.8 Å². The van der Waals surface area contributed by atoms with Crippen LogP contribution in [-0.4, -0.2) is 33.1 Å². The monoisotopic (exact) mass is 360 g/mol. The van der Waals surface area contributed by atoms with Crippen LogP contribution in [-0.2, 0) is 0 Å². The van der Waals surface area contributed by atoms with Gasteiger partial charge in [-0.3, -0.25) is 0 Å². The molecular formula is C19H25FN4O2. The third-order valence-corrected chi connectivity index (χ3v) is 4.91. The molecule has 1 fully saturated rings. The van der Waals surface area contributed by atoms with Crippen molar-refractivity contribution in [3.05, 3.63) is 48.0 Å². The molecule has 140 valence electrons. The lowest BCUT2D eigenvalue weighted by atomic mass is 9.85. The number of nitrogens with one attached hydrogen (secondary N) is 2. The molecule has 0 aliphatic heterocycles. The molecule has 0 bridgehead atoms. The molecule has 2 aromatic rings. The summed E-state index contributed by atoms with van der Waals surface area (Å²) in [5.41, 5.74) is 0.323. The lowest BCUT2D eigenvalue weighted by Crippen LogP contribution is -2.47. The molecule has 7 heteroatoms. The molecule has 3 rings (SSSR count). The maximum Gasteiger partial charge on any atom is 0.315 e. The number of amides is 2. The third-order valence-electron chi connectivity index (χ3n) is 4.91. The SMILES string of the molecule is C[C@@H](NC(=O)NCC1(O)CCCCC1)c1cnn(-c2ccccc2F)c1. The van der Waals surface area contributed by atoms with Gasteiger partial charge in [0, 0.05) is 18.3 Å². The number of para-hydroxylation sites is 1. The van der Waals surface area contributed by atoms with Crippen LogP contribution in [0.2, 0.25) is 0 Å². The lowest BCUT2D eigenvalue weighted by molar-refractivity contribution is 0.00713. The zero-order chi connectivity index (χ0) is 18.6. The van der Waals surface area contributed by atoms with Gasteiger partial charge in [0.25, 0.3) is 0 Å². The van der Waals surface area contributed by atoms with Gasteiger partial charge in [0.2, 0.25) is 0 Å². The molecule has 1 heterocycles. The summed E-state index contributed by atoms with van der Waals surface area (Å²) in [6.07, 6.45) is 7.86. The first-order chi connectivity index (χ1) is 12.5. The third kappa shape index (κ3) is 4.40. The average Bonchev–Trinajstić information content (AvgIpc) is 3.11. The number of rotatable bonds is 5.